The van der Waals surface area contributed by atoms with Crippen LogP contribution in [0.3, 0.4) is 0 Å². The number of nitrogens with zero attached hydrogens (tertiary/aromatic N) is 3. The quantitative estimate of drug-likeness (QED) is 0.836. The Bertz CT molecular complexity index is 540. The zero-order valence-electron chi connectivity index (χ0n) is 9.91. The number of carboxylic acid groups (broad SMARTS) is 1. The monoisotopic (exact) mass is 263 g/mol. The third kappa shape index (κ3) is 2.70. The summed E-state index contributed by atoms with van der Waals surface area (Å²) in [6.07, 6.45) is 6.05. The summed E-state index contributed by atoms with van der Waals surface area (Å²) < 4.78 is 1.95. The van der Waals surface area contributed by atoms with E-state index in [4.69, 9.17) is 5.11 Å². The minimum Gasteiger partial charge on any atom is -0.481 e. The molecule has 0 aliphatic rings. The van der Waals surface area contributed by atoms with Gasteiger partial charge in [-0.15, -0.1) is 0 Å². The smallest absolute Gasteiger partial charge is 0.313 e. The predicted octanol–water partition coefficient (Wildman–Crippen LogP) is 2.01. The first-order chi connectivity index (χ1) is 8.72. The van der Waals surface area contributed by atoms with Crippen LogP contribution in [0.5, 0.6) is 0 Å². The van der Waals surface area contributed by atoms with Crippen LogP contribution < -0.4 is 0 Å². The lowest BCUT2D eigenvalue weighted by Crippen LogP contribution is -2.04. The number of thioether (sulfide) groups is 1. The van der Waals surface area contributed by atoms with Crippen molar-refractivity contribution in [3.8, 4) is 5.69 Å². The molecule has 94 valence electrons. The molecule has 0 aliphatic carbocycles. The fourth-order valence-electron chi connectivity index (χ4n) is 1.61. The van der Waals surface area contributed by atoms with Crippen molar-refractivity contribution in [1.82, 2.24) is 14.5 Å². The Labute approximate surface area is 109 Å². The molecule has 0 radical (unpaired) electrons. The summed E-state index contributed by atoms with van der Waals surface area (Å²) in [7, 11) is 0. The number of imidazole rings is 1. The molecule has 5 nitrogen and oxygen atoms in total. The van der Waals surface area contributed by atoms with Crippen LogP contribution in [0, 0.1) is 0 Å². The van der Waals surface area contributed by atoms with Gasteiger partial charge in [-0.25, -0.2) is 4.98 Å². The summed E-state index contributed by atoms with van der Waals surface area (Å²) in [6, 6.07) is 3.78. The highest BCUT2D eigenvalue weighted by Gasteiger charge is 2.12. The van der Waals surface area contributed by atoms with Crippen molar-refractivity contribution in [3.63, 3.8) is 0 Å². The van der Waals surface area contributed by atoms with Crippen LogP contribution in [-0.4, -0.2) is 31.4 Å². The molecule has 0 aromatic carbocycles. The highest BCUT2D eigenvalue weighted by molar-refractivity contribution is 7.99. The van der Waals surface area contributed by atoms with Crippen LogP contribution in [0.15, 0.2) is 35.9 Å². The normalized spacial score (nSPS) is 10.5. The van der Waals surface area contributed by atoms with Gasteiger partial charge in [0.1, 0.15) is 0 Å². The Morgan fingerprint density at radius 2 is 2.33 bits per heavy atom. The van der Waals surface area contributed by atoms with E-state index in [-0.39, 0.29) is 5.75 Å². The maximum Gasteiger partial charge on any atom is 0.313 e. The van der Waals surface area contributed by atoms with Gasteiger partial charge >= 0.3 is 5.97 Å². The molecule has 6 heteroatoms. The number of hydrogen-bond donors (Lipinski definition) is 1. The molecular formula is C12H13N3O2S. The Kier molecular flexibility index (Phi) is 3.99. The zero-order chi connectivity index (χ0) is 13.0. The molecular weight excluding hydrogens is 250 g/mol. The third-order valence-corrected chi connectivity index (χ3v) is 3.33. The molecule has 18 heavy (non-hydrogen) atoms. The number of carbonyl (C=O) groups is 1. The average Bonchev–Trinajstić information content (AvgIpc) is 2.80. The van der Waals surface area contributed by atoms with Crippen molar-refractivity contribution in [1.29, 1.82) is 0 Å². The number of aromatic nitrogens is 3. The van der Waals surface area contributed by atoms with E-state index in [0.29, 0.717) is 5.16 Å². The second kappa shape index (κ2) is 5.68. The minimum absolute atomic E-state index is 0.000426. The van der Waals surface area contributed by atoms with Gasteiger partial charge in [-0.2, -0.15) is 0 Å². The Morgan fingerprint density at radius 1 is 1.50 bits per heavy atom. The van der Waals surface area contributed by atoms with Gasteiger partial charge in [-0.05, 0) is 18.6 Å². The van der Waals surface area contributed by atoms with Crippen LogP contribution in [0.2, 0.25) is 0 Å². The molecule has 1 N–H and O–H groups in total. The molecule has 0 saturated carbocycles. The standard InChI is InChI=1S/C12H13N3O2S/c1-2-9-7-14-12(18-8-11(16)17)15(9)10-4-3-5-13-6-10/h3-7H,2,8H2,1H3,(H,16,17). The minimum atomic E-state index is -0.848. The largest absolute Gasteiger partial charge is 0.481 e. The highest BCUT2D eigenvalue weighted by atomic mass is 32.2. The molecule has 0 unspecified atom stereocenters. The fraction of sp³-hybridized carbons (Fsp3) is 0.250. The zero-order valence-corrected chi connectivity index (χ0v) is 10.7. The summed E-state index contributed by atoms with van der Waals surface area (Å²) in [4.78, 5) is 19.0. The molecule has 0 spiro atoms. The van der Waals surface area contributed by atoms with Crippen molar-refractivity contribution >= 4 is 17.7 Å². The van der Waals surface area contributed by atoms with E-state index in [1.54, 1.807) is 18.6 Å². The molecule has 0 bridgehead atoms. The van der Waals surface area contributed by atoms with Crippen LogP contribution in [-0.2, 0) is 11.2 Å². The van der Waals surface area contributed by atoms with Crippen molar-refractivity contribution in [2.45, 2.75) is 18.5 Å². The predicted molar refractivity (Wildman–Crippen MR) is 69.1 cm³/mol. The SMILES string of the molecule is CCc1cnc(SCC(=O)O)n1-c1cccnc1. The van der Waals surface area contributed by atoms with Gasteiger partial charge in [0.2, 0.25) is 0 Å². The second-order valence-corrected chi connectivity index (χ2v) is 4.56. The second-order valence-electron chi connectivity index (χ2n) is 3.61. The Morgan fingerprint density at radius 3 is 2.94 bits per heavy atom. The van der Waals surface area contributed by atoms with Crippen molar-refractivity contribution < 1.29 is 9.90 Å². The molecule has 0 saturated heterocycles. The van der Waals surface area contributed by atoms with Crippen LogP contribution in [0.4, 0.5) is 0 Å². The molecule has 0 amide bonds. The van der Waals surface area contributed by atoms with Gasteiger partial charge < -0.3 is 5.11 Å². The summed E-state index contributed by atoms with van der Waals surface area (Å²) in [5, 5.41) is 9.41. The van der Waals surface area contributed by atoms with Gasteiger partial charge in [-0.1, -0.05) is 18.7 Å². The number of carboxylic acids is 1. The summed E-state index contributed by atoms with van der Waals surface area (Å²) in [5.74, 6) is -0.848. The maximum absolute atomic E-state index is 10.6. The van der Waals surface area contributed by atoms with Gasteiger partial charge in [-0.3, -0.25) is 14.3 Å². The topological polar surface area (TPSA) is 68.0 Å². The third-order valence-electron chi connectivity index (χ3n) is 2.39. The number of rotatable bonds is 5. The van der Waals surface area contributed by atoms with Gasteiger partial charge in [0, 0.05) is 18.1 Å². The lowest BCUT2D eigenvalue weighted by Gasteiger charge is -2.09. The van der Waals surface area contributed by atoms with E-state index in [1.807, 2.05) is 23.6 Å². The van der Waals surface area contributed by atoms with Crippen molar-refractivity contribution in [3.05, 3.63) is 36.4 Å². The molecule has 2 aromatic heterocycles. The molecule has 2 aromatic rings. The van der Waals surface area contributed by atoms with Crippen molar-refractivity contribution in [2.75, 3.05) is 5.75 Å². The lowest BCUT2D eigenvalue weighted by molar-refractivity contribution is -0.133. The lowest BCUT2D eigenvalue weighted by atomic mass is 10.3. The molecule has 2 rings (SSSR count). The fourth-order valence-corrected chi connectivity index (χ4v) is 2.34. The molecule has 0 atom stereocenters. The van der Waals surface area contributed by atoms with Crippen LogP contribution >= 0.6 is 11.8 Å². The molecule has 2 heterocycles. The van der Waals surface area contributed by atoms with E-state index in [1.165, 1.54) is 11.8 Å². The van der Waals surface area contributed by atoms with E-state index in [2.05, 4.69) is 9.97 Å². The number of pyridine rings is 1. The molecule has 0 aliphatic heterocycles. The van der Waals surface area contributed by atoms with E-state index < -0.39 is 5.97 Å². The summed E-state index contributed by atoms with van der Waals surface area (Å²) in [6.45, 7) is 2.04. The summed E-state index contributed by atoms with van der Waals surface area (Å²) >= 11 is 1.21. The van der Waals surface area contributed by atoms with Crippen LogP contribution in [0.25, 0.3) is 5.69 Å². The van der Waals surface area contributed by atoms with E-state index in [0.717, 1.165) is 17.8 Å². The first-order valence-corrected chi connectivity index (χ1v) is 6.52. The van der Waals surface area contributed by atoms with E-state index in [9.17, 15) is 4.79 Å². The Balaban J connectivity index is 2.37. The summed E-state index contributed by atoms with van der Waals surface area (Å²) in [5.41, 5.74) is 1.94. The Hall–Kier alpha value is -1.82. The van der Waals surface area contributed by atoms with Gasteiger partial charge in [0.05, 0.1) is 17.6 Å². The molecule has 0 fully saturated rings. The van der Waals surface area contributed by atoms with Gasteiger partial charge in [0.15, 0.2) is 5.16 Å². The average molecular weight is 263 g/mol. The van der Waals surface area contributed by atoms with Crippen molar-refractivity contribution in [2.24, 2.45) is 0 Å². The first kappa shape index (κ1) is 12.6. The number of aliphatic carboxylic acids is 1. The van der Waals surface area contributed by atoms with E-state index >= 15 is 0 Å². The first-order valence-electron chi connectivity index (χ1n) is 5.54. The number of hydrogen-bond acceptors (Lipinski definition) is 4. The highest BCUT2D eigenvalue weighted by Crippen LogP contribution is 2.23. The van der Waals surface area contributed by atoms with Gasteiger partial charge in [0.25, 0.3) is 0 Å². The van der Waals surface area contributed by atoms with Crippen LogP contribution in [0.1, 0.15) is 12.6 Å². The number of aryl methyl sites for hydroxylation is 1. The maximum atomic E-state index is 10.6.